The number of carbonyl (C=O) groups is 4. The Morgan fingerprint density at radius 2 is 1.29 bits per heavy atom. The molecule has 0 bridgehead atoms. The van der Waals surface area contributed by atoms with E-state index in [0.717, 1.165) is 36.8 Å². The van der Waals surface area contributed by atoms with E-state index in [4.69, 9.17) is 11.5 Å². The molecule has 1 unspecified atom stereocenters. The number of hydrogen-bond acceptors (Lipinski definition) is 9. The molecule has 2 saturated heterocycles. The molecule has 0 radical (unpaired) electrons. The fourth-order valence-corrected chi connectivity index (χ4v) is 9.65. The maximum absolute atomic E-state index is 14.1. The number of rotatable bonds is 18. The van der Waals surface area contributed by atoms with E-state index >= 15 is 0 Å². The predicted molar refractivity (Wildman–Crippen MR) is 218 cm³/mol. The van der Waals surface area contributed by atoms with E-state index in [9.17, 15) is 27.6 Å². The van der Waals surface area contributed by atoms with Gasteiger partial charge in [-0.3, -0.25) is 24.1 Å². The Labute approximate surface area is 333 Å². The van der Waals surface area contributed by atoms with Gasteiger partial charge in [0.1, 0.15) is 18.1 Å². The molecule has 2 aromatic carbocycles. The Kier molecular flexibility index (Phi) is 15.5. The number of piperidine rings is 1. The molecule has 1 saturated carbocycles. The maximum Gasteiger partial charge on any atom is 0.245 e. The molecule has 2 heterocycles. The molecule has 2 aromatic rings. The molecular formula is C42H63N7O6S. The van der Waals surface area contributed by atoms with Gasteiger partial charge < -0.3 is 32.3 Å². The highest BCUT2D eigenvalue weighted by atomic mass is 32.2. The van der Waals surface area contributed by atoms with Crippen molar-refractivity contribution >= 4 is 33.5 Å². The summed E-state index contributed by atoms with van der Waals surface area (Å²) in [5.41, 5.74) is 14.0. The highest BCUT2D eigenvalue weighted by Crippen LogP contribution is 2.51. The summed E-state index contributed by atoms with van der Waals surface area (Å²) in [7, 11) is -2.92. The van der Waals surface area contributed by atoms with E-state index < -0.39 is 51.7 Å². The third kappa shape index (κ3) is 12.3. The Bertz CT molecular complexity index is 1700. The number of sulfone groups is 1. The van der Waals surface area contributed by atoms with E-state index in [2.05, 4.69) is 20.9 Å². The zero-order chi connectivity index (χ0) is 40.3. The number of hydrogen-bond donors (Lipinski definition) is 5. The number of benzene rings is 2. The van der Waals surface area contributed by atoms with Crippen LogP contribution in [-0.2, 0) is 41.9 Å². The monoisotopic (exact) mass is 793 g/mol. The molecule has 2 aliphatic heterocycles. The van der Waals surface area contributed by atoms with Crippen LogP contribution >= 0.6 is 0 Å². The summed E-state index contributed by atoms with van der Waals surface area (Å²) in [4.78, 5) is 59.7. The molecule has 4 amide bonds. The zero-order valence-electron chi connectivity index (χ0n) is 33.2. The normalized spacial score (nSPS) is 20.3. The Hall–Kier alpha value is -3.85. The van der Waals surface area contributed by atoms with Crippen LogP contribution in [0.1, 0.15) is 76.3 Å². The highest BCUT2D eigenvalue weighted by Gasteiger charge is 2.49. The van der Waals surface area contributed by atoms with Crippen LogP contribution in [0.5, 0.6) is 0 Å². The fourth-order valence-electron chi connectivity index (χ4n) is 8.42. The van der Waals surface area contributed by atoms with Gasteiger partial charge in [-0.1, -0.05) is 74.5 Å². The van der Waals surface area contributed by atoms with Crippen LogP contribution in [0.4, 0.5) is 0 Å². The van der Waals surface area contributed by atoms with Gasteiger partial charge in [0.05, 0.1) is 17.5 Å². The van der Waals surface area contributed by atoms with Crippen LogP contribution in [-0.4, -0.2) is 116 Å². The molecule has 3 fully saturated rings. The van der Waals surface area contributed by atoms with Gasteiger partial charge in [0.2, 0.25) is 23.6 Å². The second-order valence-electron chi connectivity index (χ2n) is 16.7. The number of nitrogens with one attached hydrogen (secondary N) is 3. The third-order valence-electron chi connectivity index (χ3n) is 11.8. The minimum absolute atomic E-state index is 0.0397. The average molecular weight is 794 g/mol. The van der Waals surface area contributed by atoms with Crippen LogP contribution in [0.2, 0.25) is 0 Å². The summed E-state index contributed by atoms with van der Waals surface area (Å²) in [5, 5.41) is 8.79. The molecule has 7 N–H and O–H groups in total. The zero-order valence-corrected chi connectivity index (χ0v) is 34.0. The second-order valence-corrected chi connectivity index (χ2v) is 19.0. The third-order valence-corrected chi connectivity index (χ3v) is 13.4. The first-order valence-corrected chi connectivity index (χ1v) is 22.3. The summed E-state index contributed by atoms with van der Waals surface area (Å²) in [6.07, 6.45) is 6.42. The first-order valence-electron chi connectivity index (χ1n) is 20.4. The molecule has 3 aliphatic rings. The number of nitrogens with two attached hydrogens (primary N) is 2. The average Bonchev–Trinajstić information content (AvgIpc) is 3.16. The largest absolute Gasteiger partial charge is 0.343 e. The fraction of sp³-hybridized carbons (Fsp3) is 0.619. The van der Waals surface area contributed by atoms with Crippen LogP contribution < -0.4 is 27.4 Å². The molecule has 1 aliphatic carbocycles. The van der Waals surface area contributed by atoms with Crippen molar-refractivity contribution in [2.24, 2.45) is 22.8 Å². The first kappa shape index (κ1) is 43.3. The lowest BCUT2D eigenvalue weighted by atomic mass is 9.60. The van der Waals surface area contributed by atoms with Crippen molar-refractivity contribution in [3.05, 3.63) is 71.8 Å². The van der Waals surface area contributed by atoms with E-state index in [1.165, 1.54) is 0 Å². The second kappa shape index (κ2) is 20.0. The number of likely N-dealkylation sites (tertiary alicyclic amines) is 1. The van der Waals surface area contributed by atoms with Crippen LogP contribution in [0.15, 0.2) is 60.7 Å². The standard InChI is InChI=1S/C42H63N7O6S/c1-30(2)25-36(47-40(52)37(27-32-13-7-4-8-14-32)46-38(50)34(44)26-31-11-5-3-6-12-31)39(51)45-35(15-9-10-18-43)41(53)49-19-16-42(17-20-49)28-33(29-42)48-21-23-56(54,55)24-22-48/h3-8,11-14,30,33-37H,9-10,15-29,43-44H2,1-2H3,(H,45,51)(H,46,50)(H,47,52)/t34-,35-,36?,37-/m1/s1. The number of nitrogens with zero attached hydrogens (tertiary/aromatic N) is 2. The highest BCUT2D eigenvalue weighted by molar-refractivity contribution is 7.91. The van der Waals surface area contributed by atoms with Gasteiger partial charge in [0.25, 0.3) is 0 Å². The molecule has 14 heteroatoms. The molecular weight excluding hydrogens is 731 g/mol. The molecule has 0 aromatic heterocycles. The molecule has 13 nitrogen and oxygen atoms in total. The lowest BCUT2D eigenvalue weighted by molar-refractivity contribution is -0.141. The SMILES string of the molecule is CC(C)CC(NC(=O)[C@@H](Cc1ccccc1)NC(=O)[C@H](N)Cc1ccccc1)C(=O)N[C@H](CCCCN)C(=O)N1CCC2(CC1)CC(N1CCS(=O)(=O)CC1)C2. The Morgan fingerprint density at radius 3 is 1.86 bits per heavy atom. The number of unbranched alkanes of at least 4 members (excludes halogenated alkanes) is 1. The maximum atomic E-state index is 14.1. The van der Waals surface area contributed by atoms with Gasteiger partial charge in [-0.15, -0.1) is 0 Å². The van der Waals surface area contributed by atoms with Gasteiger partial charge in [-0.05, 0) is 86.8 Å². The molecule has 5 rings (SSSR count). The van der Waals surface area contributed by atoms with Gasteiger partial charge >= 0.3 is 0 Å². The van der Waals surface area contributed by atoms with Gasteiger partial charge in [-0.25, -0.2) is 8.42 Å². The van der Waals surface area contributed by atoms with Crippen LogP contribution in [0, 0.1) is 11.3 Å². The van der Waals surface area contributed by atoms with E-state index in [0.29, 0.717) is 70.9 Å². The topological polar surface area (TPSA) is 197 Å². The summed E-state index contributed by atoms with van der Waals surface area (Å²) in [5.74, 6) is -1.05. The van der Waals surface area contributed by atoms with Crippen LogP contribution in [0.25, 0.3) is 0 Å². The van der Waals surface area contributed by atoms with Crippen molar-refractivity contribution in [2.45, 2.75) is 108 Å². The number of amides is 4. The van der Waals surface area contributed by atoms with Crippen molar-refractivity contribution < 1.29 is 27.6 Å². The smallest absolute Gasteiger partial charge is 0.245 e. The summed E-state index contributed by atoms with van der Waals surface area (Å²) in [6.45, 7) is 6.79. The summed E-state index contributed by atoms with van der Waals surface area (Å²) >= 11 is 0. The van der Waals surface area contributed by atoms with Crippen LogP contribution in [0.3, 0.4) is 0 Å². The van der Waals surface area contributed by atoms with Crippen molar-refractivity contribution in [3.63, 3.8) is 0 Å². The molecule has 1 spiro atoms. The van der Waals surface area contributed by atoms with E-state index in [1.807, 2.05) is 79.4 Å². The van der Waals surface area contributed by atoms with Crippen molar-refractivity contribution in [2.75, 3.05) is 44.2 Å². The molecule has 56 heavy (non-hydrogen) atoms. The van der Waals surface area contributed by atoms with E-state index in [1.54, 1.807) is 0 Å². The summed E-state index contributed by atoms with van der Waals surface area (Å²) in [6, 6.07) is 15.6. The lowest BCUT2D eigenvalue weighted by Gasteiger charge is -2.56. The van der Waals surface area contributed by atoms with Crippen molar-refractivity contribution in [1.29, 1.82) is 0 Å². The van der Waals surface area contributed by atoms with Gasteiger partial charge in [0, 0.05) is 38.6 Å². The number of carbonyl (C=O) groups excluding carboxylic acids is 4. The minimum atomic E-state index is -2.92. The Balaban J connectivity index is 1.22. The first-order chi connectivity index (χ1) is 26.8. The Morgan fingerprint density at radius 1 is 0.750 bits per heavy atom. The minimum Gasteiger partial charge on any atom is -0.343 e. The van der Waals surface area contributed by atoms with Gasteiger partial charge in [0.15, 0.2) is 9.84 Å². The molecule has 4 atom stereocenters. The van der Waals surface area contributed by atoms with Gasteiger partial charge in [-0.2, -0.15) is 0 Å². The lowest BCUT2D eigenvalue weighted by Crippen LogP contribution is -2.60. The quantitative estimate of drug-likeness (QED) is 0.140. The summed E-state index contributed by atoms with van der Waals surface area (Å²) < 4.78 is 23.8. The van der Waals surface area contributed by atoms with E-state index in [-0.39, 0.29) is 35.2 Å². The van der Waals surface area contributed by atoms with Crippen molar-refractivity contribution in [1.82, 2.24) is 25.8 Å². The molecule has 308 valence electrons. The predicted octanol–water partition coefficient (Wildman–Crippen LogP) is 1.93. The van der Waals surface area contributed by atoms with Crippen molar-refractivity contribution in [3.8, 4) is 0 Å².